The molecule has 0 atom stereocenters. The first-order valence-electron chi connectivity index (χ1n) is 6.41. The fourth-order valence-corrected chi connectivity index (χ4v) is 2.36. The van der Waals surface area contributed by atoms with Crippen molar-refractivity contribution in [2.24, 2.45) is 0 Å². The summed E-state index contributed by atoms with van der Waals surface area (Å²) in [6.45, 7) is 1.81. The molecular formula is C17H13ClO2. The molecule has 3 heteroatoms. The van der Waals surface area contributed by atoms with E-state index >= 15 is 0 Å². The monoisotopic (exact) mass is 284 g/mol. The Morgan fingerprint density at radius 3 is 2.50 bits per heavy atom. The third-order valence-corrected chi connectivity index (χ3v) is 3.65. The Morgan fingerprint density at radius 2 is 1.75 bits per heavy atom. The lowest BCUT2D eigenvalue weighted by Crippen LogP contribution is -2.09. The number of benzene rings is 2. The van der Waals surface area contributed by atoms with Gasteiger partial charge in [0, 0.05) is 17.0 Å². The molecule has 1 aromatic heterocycles. The highest BCUT2D eigenvalue weighted by atomic mass is 35.5. The summed E-state index contributed by atoms with van der Waals surface area (Å²) in [5.74, 6) is 0.705. The molecule has 2 nitrogen and oxygen atoms in total. The molecule has 0 fully saturated rings. The van der Waals surface area contributed by atoms with Crippen LogP contribution in [0.25, 0.3) is 11.0 Å². The first kappa shape index (κ1) is 12.9. The Balaban J connectivity index is 2.10. The van der Waals surface area contributed by atoms with E-state index in [0.29, 0.717) is 33.7 Å². The van der Waals surface area contributed by atoms with Crippen LogP contribution in [-0.2, 0) is 6.42 Å². The van der Waals surface area contributed by atoms with Gasteiger partial charge in [-0.1, -0.05) is 35.9 Å². The molecule has 0 amide bonds. The molecule has 20 heavy (non-hydrogen) atoms. The summed E-state index contributed by atoms with van der Waals surface area (Å²) in [5, 5.41) is 1.33. The van der Waals surface area contributed by atoms with Crippen molar-refractivity contribution < 1.29 is 4.42 Å². The van der Waals surface area contributed by atoms with Crippen molar-refractivity contribution in [1.82, 2.24) is 0 Å². The van der Waals surface area contributed by atoms with Crippen LogP contribution in [0.4, 0.5) is 0 Å². The topological polar surface area (TPSA) is 30.2 Å². The SMILES string of the molecule is Cc1c(Cc2ccc(Cl)cc2)oc2ccccc2c1=O. The number of fused-ring (bicyclic) bond motifs is 1. The molecule has 3 aromatic rings. The van der Waals surface area contributed by atoms with E-state index in [9.17, 15) is 4.79 Å². The minimum atomic E-state index is 0.0378. The Bertz CT molecular complexity index is 817. The van der Waals surface area contributed by atoms with Gasteiger partial charge in [0.25, 0.3) is 0 Å². The molecule has 0 aliphatic carbocycles. The van der Waals surface area contributed by atoms with Crippen molar-refractivity contribution >= 4 is 22.6 Å². The van der Waals surface area contributed by atoms with Crippen LogP contribution in [0.15, 0.2) is 57.7 Å². The van der Waals surface area contributed by atoms with Gasteiger partial charge < -0.3 is 4.42 Å². The normalized spacial score (nSPS) is 10.9. The van der Waals surface area contributed by atoms with Crippen molar-refractivity contribution in [2.75, 3.05) is 0 Å². The zero-order valence-electron chi connectivity index (χ0n) is 11.0. The Hall–Kier alpha value is -2.06. The Morgan fingerprint density at radius 1 is 1.05 bits per heavy atom. The van der Waals surface area contributed by atoms with E-state index in [2.05, 4.69) is 0 Å². The molecule has 0 spiro atoms. The molecule has 2 aromatic carbocycles. The molecule has 3 rings (SSSR count). The average molecular weight is 285 g/mol. The third kappa shape index (κ3) is 2.35. The van der Waals surface area contributed by atoms with Crippen LogP contribution in [0.3, 0.4) is 0 Å². The second-order valence-corrected chi connectivity index (χ2v) is 5.22. The van der Waals surface area contributed by atoms with Crippen LogP contribution in [-0.4, -0.2) is 0 Å². The Labute approximate surface area is 121 Å². The van der Waals surface area contributed by atoms with Gasteiger partial charge in [-0.2, -0.15) is 0 Å². The fraction of sp³-hybridized carbons (Fsp3) is 0.118. The van der Waals surface area contributed by atoms with Gasteiger partial charge >= 0.3 is 0 Å². The molecule has 1 heterocycles. The summed E-state index contributed by atoms with van der Waals surface area (Å²) >= 11 is 5.88. The first-order valence-corrected chi connectivity index (χ1v) is 6.79. The van der Waals surface area contributed by atoms with Gasteiger partial charge in [-0.3, -0.25) is 4.79 Å². The minimum Gasteiger partial charge on any atom is -0.460 e. The summed E-state index contributed by atoms with van der Waals surface area (Å²) in [4.78, 5) is 12.3. The van der Waals surface area contributed by atoms with E-state index in [1.807, 2.05) is 49.4 Å². The lowest BCUT2D eigenvalue weighted by atomic mass is 10.1. The number of para-hydroxylation sites is 1. The third-order valence-electron chi connectivity index (χ3n) is 3.40. The van der Waals surface area contributed by atoms with Gasteiger partial charge in [-0.15, -0.1) is 0 Å². The molecule has 100 valence electrons. The summed E-state index contributed by atoms with van der Waals surface area (Å²) in [6.07, 6.45) is 0.586. The summed E-state index contributed by atoms with van der Waals surface area (Å²) < 4.78 is 5.87. The van der Waals surface area contributed by atoms with Gasteiger partial charge in [0.1, 0.15) is 11.3 Å². The smallest absolute Gasteiger partial charge is 0.195 e. The van der Waals surface area contributed by atoms with Gasteiger partial charge in [-0.05, 0) is 36.8 Å². The number of hydrogen-bond acceptors (Lipinski definition) is 2. The highest BCUT2D eigenvalue weighted by Gasteiger charge is 2.10. The second-order valence-electron chi connectivity index (χ2n) is 4.78. The van der Waals surface area contributed by atoms with Crippen LogP contribution < -0.4 is 5.43 Å². The predicted molar refractivity (Wildman–Crippen MR) is 81.5 cm³/mol. The minimum absolute atomic E-state index is 0.0378. The zero-order chi connectivity index (χ0) is 14.1. The van der Waals surface area contributed by atoms with Crippen molar-refractivity contribution in [3.8, 4) is 0 Å². The molecule has 0 unspecified atom stereocenters. The first-order chi connectivity index (χ1) is 9.65. The molecule has 0 saturated heterocycles. The molecule has 0 aliphatic rings. The molecule has 0 radical (unpaired) electrons. The van der Waals surface area contributed by atoms with Crippen molar-refractivity contribution in [2.45, 2.75) is 13.3 Å². The van der Waals surface area contributed by atoms with Crippen molar-refractivity contribution in [1.29, 1.82) is 0 Å². The highest BCUT2D eigenvalue weighted by Crippen LogP contribution is 2.19. The van der Waals surface area contributed by atoms with Gasteiger partial charge in [0.05, 0.1) is 5.39 Å². The summed E-state index contributed by atoms with van der Waals surface area (Å²) in [5.41, 5.74) is 2.40. The van der Waals surface area contributed by atoms with E-state index in [1.165, 1.54) is 0 Å². The van der Waals surface area contributed by atoms with E-state index in [4.69, 9.17) is 16.0 Å². The molecular weight excluding hydrogens is 272 g/mol. The van der Waals surface area contributed by atoms with Gasteiger partial charge in [-0.25, -0.2) is 0 Å². The van der Waals surface area contributed by atoms with Gasteiger partial charge in [0.15, 0.2) is 5.43 Å². The number of halogens is 1. The second kappa shape index (κ2) is 5.14. The largest absolute Gasteiger partial charge is 0.460 e. The lowest BCUT2D eigenvalue weighted by Gasteiger charge is -2.07. The predicted octanol–water partition coefficient (Wildman–Crippen LogP) is 4.35. The summed E-state index contributed by atoms with van der Waals surface area (Å²) in [6, 6.07) is 14.9. The maximum Gasteiger partial charge on any atom is 0.195 e. The van der Waals surface area contributed by atoms with Crippen molar-refractivity contribution in [3.63, 3.8) is 0 Å². The van der Waals surface area contributed by atoms with Crippen LogP contribution in [0.5, 0.6) is 0 Å². The van der Waals surface area contributed by atoms with Crippen LogP contribution in [0.2, 0.25) is 5.02 Å². The number of rotatable bonds is 2. The molecule has 0 bridgehead atoms. The van der Waals surface area contributed by atoms with Crippen LogP contribution in [0.1, 0.15) is 16.9 Å². The summed E-state index contributed by atoms with van der Waals surface area (Å²) in [7, 11) is 0. The van der Waals surface area contributed by atoms with E-state index < -0.39 is 0 Å². The van der Waals surface area contributed by atoms with E-state index in [1.54, 1.807) is 6.07 Å². The quantitative estimate of drug-likeness (QED) is 0.700. The average Bonchev–Trinajstić information content (AvgIpc) is 2.47. The standard InChI is InChI=1S/C17H13ClO2/c1-11-16(10-12-6-8-13(18)9-7-12)20-15-5-3-2-4-14(15)17(11)19/h2-9H,10H2,1H3. The van der Waals surface area contributed by atoms with Crippen LogP contribution in [0, 0.1) is 6.92 Å². The number of hydrogen-bond donors (Lipinski definition) is 0. The lowest BCUT2D eigenvalue weighted by molar-refractivity contribution is 0.543. The van der Waals surface area contributed by atoms with E-state index in [-0.39, 0.29) is 5.43 Å². The maximum atomic E-state index is 12.3. The van der Waals surface area contributed by atoms with Crippen LogP contribution >= 0.6 is 11.6 Å². The molecule has 0 saturated carbocycles. The Kier molecular flexibility index (Phi) is 3.33. The molecule has 0 aliphatic heterocycles. The van der Waals surface area contributed by atoms with E-state index in [0.717, 1.165) is 5.56 Å². The molecule has 0 N–H and O–H groups in total. The highest BCUT2D eigenvalue weighted by molar-refractivity contribution is 6.30. The maximum absolute atomic E-state index is 12.3. The zero-order valence-corrected chi connectivity index (χ0v) is 11.8. The van der Waals surface area contributed by atoms with Gasteiger partial charge in [0.2, 0.25) is 0 Å². The van der Waals surface area contributed by atoms with Crippen molar-refractivity contribution in [3.05, 3.63) is 80.7 Å². The fourth-order valence-electron chi connectivity index (χ4n) is 2.24.